The highest BCUT2D eigenvalue weighted by molar-refractivity contribution is 5.52. The van der Waals surface area contributed by atoms with Crippen molar-refractivity contribution in [3.05, 3.63) is 102 Å². The van der Waals surface area contributed by atoms with Crippen LogP contribution in [0.1, 0.15) is 37.3 Å². The molecule has 3 saturated heterocycles. The highest BCUT2D eigenvalue weighted by Gasteiger charge is 2.31. The van der Waals surface area contributed by atoms with Gasteiger partial charge in [-0.3, -0.25) is 9.80 Å². The Morgan fingerprint density at radius 3 is 2.21 bits per heavy atom. The first-order valence-corrected chi connectivity index (χ1v) is 15.5. The van der Waals surface area contributed by atoms with Gasteiger partial charge in [-0.15, -0.1) is 4.68 Å². The smallest absolute Gasteiger partial charge is 0.372 e. The second-order valence-corrected chi connectivity index (χ2v) is 11.5. The zero-order chi connectivity index (χ0) is 28.6. The Hall–Kier alpha value is -3.88. The SMILES string of the molecule is CCCN(CCCC1CN2CCN1CC2)c1ccc(N=Nc2n(Cc3ccccc3)nc[n+]2Cc2ccccc2)cc1. The molecule has 0 spiro atoms. The number of rotatable bonds is 13. The number of aromatic nitrogens is 3. The Balaban J connectivity index is 1.13. The molecule has 3 aliphatic heterocycles. The molecule has 3 fully saturated rings. The van der Waals surface area contributed by atoms with Crippen LogP contribution in [-0.4, -0.2) is 71.4 Å². The van der Waals surface area contributed by atoms with Crippen LogP contribution in [0.3, 0.4) is 0 Å². The first-order valence-electron chi connectivity index (χ1n) is 15.5. The fourth-order valence-electron chi connectivity index (χ4n) is 6.23. The van der Waals surface area contributed by atoms with Crippen LogP contribution < -0.4 is 9.47 Å². The molecule has 0 N–H and O–H groups in total. The van der Waals surface area contributed by atoms with E-state index < -0.39 is 0 Å². The highest BCUT2D eigenvalue weighted by atomic mass is 15.4. The van der Waals surface area contributed by atoms with Crippen molar-refractivity contribution in [1.82, 2.24) is 19.6 Å². The number of nitrogens with zero attached hydrogens (tertiary/aromatic N) is 8. The van der Waals surface area contributed by atoms with Gasteiger partial charge in [-0.1, -0.05) is 72.7 Å². The molecule has 0 amide bonds. The quantitative estimate of drug-likeness (QED) is 0.155. The molecule has 1 unspecified atom stereocenters. The molecule has 0 radical (unpaired) electrons. The zero-order valence-corrected chi connectivity index (χ0v) is 24.8. The van der Waals surface area contributed by atoms with Crippen LogP contribution in [0.5, 0.6) is 0 Å². The lowest BCUT2D eigenvalue weighted by Gasteiger charge is -2.47. The number of piperazine rings is 3. The van der Waals surface area contributed by atoms with Crippen molar-refractivity contribution >= 4 is 17.3 Å². The summed E-state index contributed by atoms with van der Waals surface area (Å²) >= 11 is 0. The third kappa shape index (κ3) is 7.12. The van der Waals surface area contributed by atoms with Gasteiger partial charge in [-0.2, -0.15) is 0 Å². The number of benzene rings is 3. The third-order valence-corrected chi connectivity index (χ3v) is 8.51. The van der Waals surface area contributed by atoms with E-state index in [2.05, 4.69) is 109 Å². The summed E-state index contributed by atoms with van der Waals surface area (Å²) in [4.78, 5) is 7.87. The molecular weight excluding hydrogens is 520 g/mol. The van der Waals surface area contributed by atoms with Gasteiger partial charge in [0.25, 0.3) is 0 Å². The van der Waals surface area contributed by atoms with E-state index in [9.17, 15) is 0 Å². The molecule has 7 rings (SSSR count). The third-order valence-electron chi connectivity index (χ3n) is 8.51. The molecule has 4 heterocycles. The van der Waals surface area contributed by atoms with Gasteiger partial charge in [0, 0.05) is 62.7 Å². The normalized spacial score (nSPS) is 19.9. The minimum Gasteiger partial charge on any atom is -0.372 e. The van der Waals surface area contributed by atoms with Crippen molar-refractivity contribution in [1.29, 1.82) is 0 Å². The molecule has 3 aliphatic rings. The zero-order valence-electron chi connectivity index (χ0n) is 24.8. The van der Waals surface area contributed by atoms with Gasteiger partial charge >= 0.3 is 5.95 Å². The van der Waals surface area contributed by atoms with E-state index in [0.717, 1.165) is 37.2 Å². The Labute approximate surface area is 249 Å². The average Bonchev–Trinajstić information content (AvgIpc) is 3.41. The lowest BCUT2D eigenvalue weighted by Crippen LogP contribution is -2.60. The summed E-state index contributed by atoms with van der Waals surface area (Å²) in [5.41, 5.74) is 4.48. The number of azo groups is 1. The number of hydrogen-bond acceptors (Lipinski definition) is 6. The second-order valence-electron chi connectivity index (χ2n) is 11.5. The maximum Gasteiger partial charge on any atom is 0.404 e. The van der Waals surface area contributed by atoms with Crippen LogP contribution in [0, 0.1) is 0 Å². The summed E-state index contributed by atoms with van der Waals surface area (Å²) in [6.07, 6.45) is 5.49. The van der Waals surface area contributed by atoms with Crippen molar-refractivity contribution in [2.75, 3.05) is 50.7 Å². The van der Waals surface area contributed by atoms with Crippen LogP contribution in [0.15, 0.2) is 101 Å². The van der Waals surface area contributed by atoms with Gasteiger partial charge in [0.15, 0.2) is 0 Å². The molecule has 0 saturated carbocycles. The van der Waals surface area contributed by atoms with E-state index in [4.69, 9.17) is 5.11 Å². The fourth-order valence-corrected chi connectivity index (χ4v) is 6.23. The first kappa shape index (κ1) is 28.2. The summed E-state index contributed by atoms with van der Waals surface area (Å²) in [6.45, 7) is 12.0. The van der Waals surface area contributed by atoms with E-state index in [1.165, 1.54) is 62.4 Å². The standard InChI is InChI=1S/C34H43N8/c1-2-19-39(20-9-14-33-27-38-21-23-40(33)24-22-38)32-17-15-31(16-18-32)36-37-34-41(25-29-10-5-3-6-11-29)28-35-42(34)26-30-12-7-4-8-13-30/h3-8,10-13,15-18,28,33H,2,9,14,19-27H2,1H3/q+1. The summed E-state index contributed by atoms with van der Waals surface area (Å²) in [5, 5.41) is 14.1. The minimum absolute atomic E-state index is 0.637. The van der Waals surface area contributed by atoms with Crippen molar-refractivity contribution in [2.24, 2.45) is 10.2 Å². The average molecular weight is 564 g/mol. The topological polar surface area (TPSA) is 56.1 Å². The highest BCUT2D eigenvalue weighted by Crippen LogP contribution is 2.24. The van der Waals surface area contributed by atoms with Crippen LogP contribution in [0.4, 0.5) is 17.3 Å². The van der Waals surface area contributed by atoms with E-state index in [1.54, 1.807) is 0 Å². The largest absolute Gasteiger partial charge is 0.404 e. The number of anilines is 1. The van der Waals surface area contributed by atoms with Gasteiger partial charge in [-0.25, -0.2) is 4.57 Å². The molecule has 218 valence electrons. The summed E-state index contributed by atoms with van der Waals surface area (Å²) < 4.78 is 3.98. The molecule has 42 heavy (non-hydrogen) atoms. The predicted molar refractivity (Wildman–Crippen MR) is 168 cm³/mol. The van der Waals surface area contributed by atoms with Gasteiger partial charge in [0.05, 0.1) is 12.2 Å². The van der Waals surface area contributed by atoms with Crippen LogP contribution in [-0.2, 0) is 13.1 Å². The van der Waals surface area contributed by atoms with Gasteiger partial charge in [-0.05, 0) is 59.8 Å². The van der Waals surface area contributed by atoms with E-state index in [1.807, 2.05) is 23.1 Å². The second kappa shape index (κ2) is 13.9. The Morgan fingerprint density at radius 2 is 1.55 bits per heavy atom. The Morgan fingerprint density at radius 1 is 0.833 bits per heavy atom. The van der Waals surface area contributed by atoms with Crippen molar-refractivity contribution in [3.8, 4) is 0 Å². The lowest BCUT2D eigenvalue weighted by molar-refractivity contribution is -0.676. The fraction of sp³-hybridized carbons (Fsp3) is 0.412. The van der Waals surface area contributed by atoms with Gasteiger partial charge in [0.2, 0.25) is 6.33 Å². The van der Waals surface area contributed by atoms with E-state index in [-0.39, 0.29) is 0 Å². The maximum atomic E-state index is 4.73. The molecule has 1 atom stereocenters. The predicted octanol–water partition coefficient (Wildman–Crippen LogP) is 5.68. The number of hydrogen-bond donors (Lipinski definition) is 0. The summed E-state index contributed by atoms with van der Waals surface area (Å²) in [6, 6.07) is 30.1. The molecule has 2 bridgehead atoms. The molecule has 3 aromatic carbocycles. The lowest BCUT2D eigenvalue weighted by atomic mass is 10.0. The molecule has 4 aromatic rings. The molecular formula is C34H43N8+. The van der Waals surface area contributed by atoms with Crippen molar-refractivity contribution in [3.63, 3.8) is 0 Å². The van der Waals surface area contributed by atoms with E-state index in [0.29, 0.717) is 13.1 Å². The number of fused-ring (bicyclic) bond motifs is 3. The maximum absolute atomic E-state index is 4.73. The van der Waals surface area contributed by atoms with Crippen molar-refractivity contribution in [2.45, 2.75) is 45.3 Å². The summed E-state index contributed by atoms with van der Waals surface area (Å²) in [5.74, 6) is 0.725. The monoisotopic (exact) mass is 563 g/mol. The van der Waals surface area contributed by atoms with Gasteiger partial charge < -0.3 is 4.90 Å². The van der Waals surface area contributed by atoms with Crippen molar-refractivity contribution < 1.29 is 4.57 Å². The minimum atomic E-state index is 0.637. The molecule has 0 aliphatic carbocycles. The molecule has 8 heteroatoms. The van der Waals surface area contributed by atoms with Crippen LogP contribution in [0.2, 0.25) is 0 Å². The van der Waals surface area contributed by atoms with Crippen LogP contribution >= 0.6 is 0 Å². The molecule has 8 nitrogen and oxygen atoms in total. The Kier molecular flexibility index (Phi) is 9.32. The van der Waals surface area contributed by atoms with Crippen LogP contribution in [0.25, 0.3) is 0 Å². The first-order chi connectivity index (χ1) is 20.7. The molecule has 1 aromatic heterocycles. The van der Waals surface area contributed by atoms with Gasteiger partial charge in [0.1, 0.15) is 6.54 Å². The van der Waals surface area contributed by atoms with E-state index >= 15 is 0 Å². The Bertz CT molecular complexity index is 1350. The summed E-state index contributed by atoms with van der Waals surface area (Å²) in [7, 11) is 0.